The SMILES string of the molecule is Cc1ccc(C2=NC3(CCN(C)CC3)N[C@@H](c3ccccc3O)C2)cc1. The largest absolute Gasteiger partial charge is 0.508 e. The van der Waals surface area contributed by atoms with Crippen LogP contribution in [0.1, 0.15) is 42.0 Å². The average Bonchev–Trinajstić information content (AvgIpc) is 2.65. The number of rotatable bonds is 2. The predicted octanol–water partition coefficient (Wildman–Crippen LogP) is 3.65. The van der Waals surface area contributed by atoms with Crippen LogP contribution in [0.25, 0.3) is 0 Å². The van der Waals surface area contributed by atoms with Crippen LogP contribution in [0, 0.1) is 6.92 Å². The smallest absolute Gasteiger partial charge is 0.120 e. The van der Waals surface area contributed by atoms with Gasteiger partial charge in [-0.3, -0.25) is 10.3 Å². The topological polar surface area (TPSA) is 47.9 Å². The lowest BCUT2D eigenvalue weighted by Crippen LogP contribution is -2.55. The summed E-state index contributed by atoms with van der Waals surface area (Å²) in [7, 11) is 2.17. The Morgan fingerprint density at radius 2 is 1.77 bits per heavy atom. The van der Waals surface area contributed by atoms with Crippen molar-refractivity contribution in [3.05, 3.63) is 65.2 Å². The van der Waals surface area contributed by atoms with E-state index in [0.29, 0.717) is 5.75 Å². The van der Waals surface area contributed by atoms with Crippen LogP contribution in [-0.4, -0.2) is 41.5 Å². The van der Waals surface area contributed by atoms with Crippen LogP contribution in [0.15, 0.2) is 53.5 Å². The molecular formula is C22H27N3O. The quantitative estimate of drug-likeness (QED) is 0.870. The van der Waals surface area contributed by atoms with Gasteiger partial charge in [0.05, 0.1) is 0 Å². The molecule has 1 saturated heterocycles. The number of aliphatic imine (C=N–C) groups is 1. The van der Waals surface area contributed by atoms with Gasteiger partial charge in [0.2, 0.25) is 0 Å². The second kappa shape index (κ2) is 6.86. The molecular weight excluding hydrogens is 322 g/mol. The predicted molar refractivity (Wildman–Crippen MR) is 106 cm³/mol. The Balaban J connectivity index is 1.73. The number of nitrogens with zero attached hydrogens (tertiary/aromatic N) is 2. The summed E-state index contributed by atoms with van der Waals surface area (Å²) in [4.78, 5) is 7.57. The molecule has 4 heteroatoms. The maximum absolute atomic E-state index is 10.4. The molecule has 0 unspecified atom stereocenters. The van der Waals surface area contributed by atoms with Crippen LogP contribution >= 0.6 is 0 Å². The van der Waals surface area contributed by atoms with Crippen LogP contribution in [0.5, 0.6) is 5.75 Å². The highest BCUT2D eigenvalue weighted by atomic mass is 16.3. The first-order chi connectivity index (χ1) is 12.5. The van der Waals surface area contributed by atoms with Gasteiger partial charge >= 0.3 is 0 Å². The second-order valence-corrected chi connectivity index (χ2v) is 7.72. The number of benzene rings is 2. The van der Waals surface area contributed by atoms with E-state index in [2.05, 4.69) is 48.5 Å². The molecule has 0 aromatic heterocycles. The van der Waals surface area contributed by atoms with Gasteiger partial charge in [-0.15, -0.1) is 0 Å². The zero-order valence-corrected chi connectivity index (χ0v) is 15.6. The maximum atomic E-state index is 10.4. The third-order valence-corrected chi connectivity index (χ3v) is 5.70. The molecule has 136 valence electrons. The Hall–Kier alpha value is -2.17. The van der Waals surface area contributed by atoms with Crippen LogP contribution < -0.4 is 5.32 Å². The number of hydrogen-bond acceptors (Lipinski definition) is 4. The number of para-hydroxylation sites is 1. The summed E-state index contributed by atoms with van der Waals surface area (Å²) < 4.78 is 0. The second-order valence-electron chi connectivity index (χ2n) is 7.72. The van der Waals surface area contributed by atoms with Crippen molar-refractivity contribution in [2.75, 3.05) is 20.1 Å². The number of phenolic OH excluding ortho intramolecular Hbond substituents is 1. The van der Waals surface area contributed by atoms with Gasteiger partial charge in [0.15, 0.2) is 0 Å². The highest BCUT2D eigenvalue weighted by molar-refractivity contribution is 6.01. The normalized spacial score (nSPS) is 23.0. The number of hydrogen-bond donors (Lipinski definition) is 2. The third-order valence-electron chi connectivity index (χ3n) is 5.70. The molecule has 0 amide bonds. The molecule has 2 aliphatic rings. The molecule has 26 heavy (non-hydrogen) atoms. The van der Waals surface area contributed by atoms with Crippen LogP contribution in [-0.2, 0) is 0 Å². The molecule has 0 saturated carbocycles. The lowest BCUT2D eigenvalue weighted by molar-refractivity contribution is 0.144. The van der Waals surface area contributed by atoms with Crippen molar-refractivity contribution in [2.45, 2.75) is 37.9 Å². The van der Waals surface area contributed by atoms with E-state index in [1.807, 2.05) is 18.2 Å². The first-order valence-electron chi connectivity index (χ1n) is 9.45. The van der Waals surface area contributed by atoms with E-state index in [1.54, 1.807) is 6.07 Å². The minimum Gasteiger partial charge on any atom is -0.508 e. The summed E-state index contributed by atoms with van der Waals surface area (Å²) in [6, 6.07) is 16.4. The van der Waals surface area contributed by atoms with Crippen molar-refractivity contribution < 1.29 is 5.11 Å². The summed E-state index contributed by atoms with van der Waals surface area (Å²) in [6.07, 6.45) is 2.77. The summed E-state index contributed by atoms with van der Waals surface area (Å²) in [5, 5.41) is 14.2. The van der Waals surface area contributed by atoms with Crippen LogP contribution in [0.3, 0.4) is 0 Å². The fourth-order valence-electron chi connectivity index (χ4n) is 4.05. The van der Waals surface area contributed by atoms with Crippen molar-refractivity contribution in [1.82, 2.24) is 10.2 Å². The Bertz CT molecular complexity index is 804. The van der Waals surface area contributed by atoms with E-state index in [1.165, 1.54) is 11.1 Å². The highest BCUT2D eigenvalue weighted by Gasteiger charge is 2.39. The number of likely N-dealkylation sites (tertiary alicyclic amines) is 1. The molecule has 0 aliphatic carbocycles. The molecule has 1 atom stereocenters. The lowest BCUT2D eigenvalue weighted by Gasteiger charge is -2.44. The summed E-state index contributed by atoms with van der Waals surface area (Å²) in [5.41, 5.74) is 4.31. The standard InChI is InChI=1S/C22H27N3O/c1-16-7-9-17(10-8-16)19-15-20(18-5-3-4-6-21(18)26)24-22(23-19)11-13-25(2)14-12-22/h3-10,20,24,26H,11-15H2,1-2H3/t20-/m1/s1. The fraction of sp³-hybridized carbons (Fsp3) is 0.409. The summed E-state index contributed by atoms with van der Waals surface area (Å²) in [5.74, 6) is 0.359. The Labute approximate surface area is 155 Å². The highest BCUT2D eigenvalue weighted by Crippen LogP contribution is 2.37. The summed E-state index contributed by atoms with van der Waals surface area (Å²) in [6.45, 7) is 4.17. The number of piperidine rings is 1. The van der Waals surface area contributed by atoms with Crippen molar-refractivity contribution in [1.29, 1.82) is 0 Å². The number of phenols is 1. The minimum atomic E-state index is -0.238. The molecule has 4 nitrogen and oxygen atoms in total. The fourth-order valence-corrected chi connectivity index (χ4v) is 4.05. The molecule has 2 aromatic carbocycles. The molecule has 2 heterocycles. The zero-order valence-electron chi connectivity index (χ0n) is 15.6. The monoisotopic (exact) mass is 349 g/mol. The minimum absolute atomic E-state index is 0.0772. The third kappa shape index (κ3) is 3.39. The van der Waals surface area contributed by atoms with Crippen molar-refractivity contribution >= 4 is 5.71 Å². The van der Waals surface area contributed by atoms with E-state index in [9.17, 15) is 5.11 Å². The Morgan fingerprint density at radius 1 is 1.08 bits per heavy atom. The van der Waals surface area contributed by atoms with Gasteiger partial charge in [-0.25, -0.2) is 0 Å². The van der Waals surface area contributed by atoms with Gasteiger partial charge < -0.3 is 10.0 Å². The van der Waals surface area contributed by atoms with E-state index in [-0.39, 0.29) is 11.7 Å². The molecule has 0 bridgehead atoms. The van der Waals surface area contributed by atoms with Crippen LogP contribution in [0.2, 0.25) is 0 Å². The molecule has 4 rings (SSSR count). The van der Waals surface area contributed by atoms with Crippen molar-refractivity contribution in [2.24, 2.45) is 4.99 Å². The van der Waals surface area contributed by atoms with Gasteiger partial charge in [0.1, 0.15) is 11.4 Å². The van der Waals surface area contributed by atoms with Crippen molar-refractivity contribution in [3.63, 3.8) is 0 Å². The molecule has 0 radical (unpaired) electrons. The van der Waals surface area contributed by atoms with Gasteiger partial charge in [-0.05, 0) is 38.4 Å². The number of nitrogens with one attached hydrogen (secondary N) is 1. The van der Waals surface area contributed by atoms with Gasteiger partial charge in [-0.2, -0.15) is 0 Å². The van der Waals surface area contributed by atoms with Gasteiger partial charge in [0, 0.05) is 36.8 Å². The van der Waals surface area contributed by atoms with E-state index >= 15 is 0 Å². The lowest BCUT2D eigenvalue weighted by atomic mass is 9.87. The first-order valence-corrected chi connectivity index (χ1v) is 9.45. The Kier molecular flexibility index (Phi) is 4.55. The number of aryl methyl sites for hydroxylation is 1. The van der Waals surface area contributed by atoms with E-state index in [4.69, 9.17) is 4.99 Å². The van der Waals surface area contributed by atoms with Crippen molar-refractivity contribution in [3.8, 4) is 5.75 Å². The molecule has 1 spiro atoms. The zero-order chi connectivity index (χ0) is 18.1. The van der Waals surface area contributed by atoms with E-state index < -0.39 is 0 Å². The number of aromatic hydroxyl groups is 1. The van der Waals surface area contributed by atoms with Gasteiger partial charge in [-0.1, -0.05) is 48.0 Å². The van der Waals surface area contributed by atoms with E-state index in [0.717, 1.165) is 43.6 Å². The maximum Gasteiger partial charge on any atom is 0.120 e. The Morgan fingerprint density at radius 3 is 2.46 bits per heavy atom. The first kappa shape index (κ1) is 17.3. The molecule has 2 aromatic rings. The van der Waals surface area contributed by atoms with Crippen LogP contribution in [0.4, 0.5) is 0 Å². The molecule has 2 N–H and O–H groups in total. The molecule has 1 fully saturated rings. The average molecular weight is 349 g/mol. The molecule has 2 aliphatic heterocycles. The summed E-state index contributed by atoms with van der Waals surface area (Å²) >= 11 is 0. The van der Waals surface area contributed by atoms with Gasteiger partial charge in [0.25, 0.3) is 0 Å².